The molecule has 3 fully saturated rings. The van der Waals surface area contributed by atoms with Crippen LogP contribution >= 0.6 is 12.6 Å². The first kappa shape index (κ1) is 21.3. The molecule has 8 atom stereocenters. The van der Waals surface area contributed by atoms with Gasteiger partial charge in [-0.3, -0.25) is 0 Å². The van der Waals surface area contributed by atoms with E-state index in [-0.39, 0.29) is 0 Å². The first-order chi connectivity index (χ1) is 13.3. The molecule has 0 aromatic rings. The van der Waals surface area contributed by atoms with E-state index in [1.165, 1.54) is 70.6 Å². The second-order valence-electron chi connectivity index (χ2n) is 12.2. The minimum Gasteiger partial charge on any atom is -0.172 e. The van der Waals surface area contributed by atoms with Crippen molar-refractivity contribution >= 4 is 12.6 Å². The summed E-state index contributed by atoms with van der Waals surface area (Å²) < 4.78 is 0. The summed E-state index contributed by atoms with van der Waals surface area (Å²) in [5, 5.41) is 0.524. The van der Waals surface area contributed by atoms with Gasteiger partial charge in [0, 0.05) is 5.25 Å². The highest BCUT2D eigenvalue weighted by Crippen LogP contribution is 2.67. The fourth-order valence-electron chi connectivity index (χ4n) is 8.73. The van der Waals surface area contributed by atoms with Crippen molar-refractivity contribution in [1.82, 2.24) is 0 Å². The fraction of sp³-hybridized carbons (Fsp3) is 0.926. The van der Waals surface area contributed by atoms with Crippen molar-refractivity contribution in [2.75, 3.05) is 0 Å². The fourth-order valence-corrected chi connectivity index (χ4v) is 9.04. The minimum atomic E-state index is 0.504. The van der Waals surface area contributed by atoms with Crippen LogP contribution in [0.1, 0.15) is 105 Å². The zero-order chi connectivity index (χ0) is 20.1. The van der Waals surface area contributed by atoms with Crippen molar-refractivity contribution in [1.29, 1.82) is 0 Å². The van der Waals surface area contributed by atoms with Crippen LogP contribution in [0.2, 0.25) is 0 Å². The third-order valence-corrected chi connectivity index (χ3v) is 10.7. The van der Waals surface area contributed by atoms with Gasteiger partial charge in [0.05, 0.1) is 0 Å². The molecular weight excluding hydrogens is 356 g/mol. The molecule has 0 aromatic heterocycles. The van der Waals surface area contributed by atoms with Crippen molar-refractivity contribution in [2.45, 2.75) is 110 Å². The number of fused-ring (bicyclic) bond motifs is 5. The molecule has 0 spiro atoms. The van der Waals surface area contributed by atoms with E-state index in [0.29, 0.717) is 16.1 Å². The maximum Gasteiger partial charge on any atom is 0.0199 e. The van der Waals surface area contributed by atoms with Crippen LogP contribution in [0.25, 0.3) is 0 Å². The standard InChI is InChI=1S/C27H46S/c1-18(2)7-6-8-19(3)23-11-12-24-22-10-9-20-17-21(28)13-15-26(20,4)25(22)14-16-27(23,24)5/h17-19,21-25,28H,6-16H2,1-5H3/t19-,21+,22-,23-,24-,25-,26+,27-/m1/s1. The molecular formula is C27H46S. The van der Waals surface area contributed by atoms with Crippen LogP contribution < -0.4 is 0 Å². The Hall–Kier alpha value is 0.0900. The number of thiol groups is 1. The molecule has 28 heavy (non-hydrogen) atoms. The van der Waals surface area contributed by atoms with E-state index < -0.39 is 0 Å². The summed E-state index contributed by atoms with van der Waals surface area (Å²) in [5.74, 6) is 5.76. The van der Waals surface area contributed by atoms with E-state index in [9.17, 15) is 0 Å². The van der Waals surface area contributed by atoms with Crippen LogP contribution in [0, 0.1) is 46.3 Å². The maximum atomic E-state index is 4.81. The van der Waals surface area contributed by atoms with Gasteiger partial charge in [-0.2, -0.15) is 12.6 Å². The van der Waals surface area contributed by atoms with Gasteiger partial charge in [-0.1, -0.05) is 65.5 Å². The van der Waals surface area contributed by atoms with Crippen molar-refractivity contribution in [2.24, 2.45) is 46.3 Å². The monoisotopic (exact) mass is 402 g/mol. The highest BCUT2D eigenvalue weighted by atomic mass is 32.1. The van der Waals surface area contributed by atoms with E-state index in [2.05, 4.69) is 40.7 Å². The van der Waals surface area contributed by atoms with Crippen LogP contribution in [-0.4, -0.2) is 5.25 Å². The summed E-state index contributed by atoms with van der Waals surface area (Å²) in [6, 6.07) is 0. The normalized spacial score (nSPS) is 46.5. The zero-order valence-electron chi connectivity index (χ0n) is 19.3. The van der Waals surface area contributed by atoms with Gasteiger partial charge in [-0.05, 0) is 97.7 Å². The molecule has 4 aliphatic carbocycles. The van der Waals surface area contributed by atoms with Gasteiger partial charge in [0.1, 0.15) is 0 Å². The number of hydrogen-bond donors (Lipinski definition) is 1. The molecule has 0 aromatic carbocycles. The third kappa shape index (κ3) is 3.54. The van der Waals surface area contributed by atoms with E-state index in [1.54, 1.807) is 5.57 Å². The van der Waals surface area contributed by atoms with Gasteiger partial charge in [0.15, 0.2) is 0 Å². The number of rotatable bonds is 5. The van der Waals surface area contributed by atoms with Crippen molar-refractivity contribution in [3.05, 3.63) is 11.6 Å². The molecule has 0 saturated heterocycles. The second-order valence-corrected chi connectivity index (χ2v) is 12.8. The molecule has 0 aliphatic heterocycles. The summed E-state index contributed by atoms with van der Waals surface area (Å²) in [5.41, 5.74) is 2.93. The lowest BCUT2D eigenvalue weighted by Crippen LogP contribution is -2.51. The molecule has 0 amide bonds. The molecule has 160 valence electrons. The molecule has 0 radical (unpaired) electrons. The van der Waals surface area contributed by atoms with Crippen LogP contribution in [0.5, 0.6) is 0 Å². The molecule has 3 saturated carbocycles. The van der Waals surface area contributed by atoms with E-state index in [1.807, 2.05) is 0 Å². The van der Waals surface area contributed by atoms with E-state index in [4.69, 9.17) is 12.6 Å². The first-order valence-electron chi connectivity index (χ1n) is 12.6. The zero-order valence-corrected chi connectivity index (χ0v) is 20.2. The largest absolute Gasteiger partial charge is 0.172 e. The van der Waals surface area contributed by atoms with Gasteiger partial charge in [-0.15, -0.1) is 0 Å². The Balaban J connectivity index is 1.48. The first-order valence-corrected chi connectivity index (χ1v) is 13.2. The quantitative estimate of drug-likeness (QED) is 0.347. The summed E-state index contributed by atoms with van der Waals surface area (Å²) in [6.07, 6.45) is 18.5. The van der Waals surface area contributed by atoms with Gasteiger partial charge in [0.25, 0.3) is 0 Å². The Kier molecular flexibility index (Phi) is 6.07. The number of allylic oxidation sites excluding steroid dienone is 1. The van der Waals surface area contributed by atoms with Crippen LogP contribution in [-0.2, 0) is 0 Å². The van der Waals surface area contributed by atoms with E-state index >= 15 is 0 Å². The molecule has 4 rings (SSSR count). The summed E-state index contributed by atoms with van der Waals surface area (Å²) in [7, 11) is 0. The van der Waals surface area contributed by atoms with Crippen LogP contribution in [0.15, 0.2) is 11.6 Å². The Morgan fingerprint density at radius 3 is 2.50 bits per heavy atom. The molecule has 4 aliphatic rings. The summed E-state index contributed by atoms with van der Waals surface area (Å²) >= 11 is 4.81. The average Bonchev–Trinajstić information content (AvgIpc) is 2.99. The molecule has 1 heteroatoms. The molecule has 0 unspecified atom stereocenters. The lowest BCUT2D eigenvalue weighted by Gasteiger charge is -2.59. The Morgan fingerprint density at radius 2 is 1.75 bits per heavy atom. The lowest BCUT2D eigenvalue weighted by molar-refractivity contribution is -0.0590. The summed E-state index contributed by atoms with van der Waals surface area (Å²) in [6.45, 7) is 12.7. The van der Waals surface area contributed by atoms with Gasteiger partial charge < -0.3 is 0 Å². The molecule has 0 nitrogen and oxygen atoms in total. The molecule has 0 heterocycles. The van der Waals surface area contributed by atoms with Crippen LogP contribution in [0.4, 0.5) is 0 Å². The van der Waals surface area contributed by atoms with Crippen LogP contribution in [0.3, 0.4) is 0 Å². The van der Waals surface area contributed by atoms with Crippen molar-refractivity contribution in [3.63, 3.8) is 0 Å². The SMILES string of the molecule is CC(C)CCC[C@@H](C)[C@H]1CC[C@@H]2[C@H]3CCC4=C[C@@H](S)CC[C@]4(C)[C@@H]3CC[C@@]21C. The highest BCUT2D eigenvalue weighted by Gasteiger charge is 2.59. The van der Waals surface area contributed by atoms with Crippen molar-refractivity contribution < 1.29 is 0 Å². The molecule has 0 N–H and O–H groups in total. The Labute approximate surface area is 181 Å². The predicted molar refractivity (Wildman–Crippen MR) is 126 cm³/mol. The lowest BCUT2D eigenvalue weighted by atomic mass is 9.46. The van der Waals surface area contributed by atoms with Gasteiger partial charge in [0.2, 0.25) is 0 Å². The van der Waals surface area contributed by atoms with E-state index in [0.717, 1.165) is 35.5 Å². The Bertz CT molecular complexity index is 591. The third-order valence-electron chi connectivity index (χ3n) is 10.3. The average molecular weight is 403 g/mol. The smallest absolute Gasteiger partial charge is 0.0199 e. The highest BCUT2D eigenvalue weighted by molar-refractivity contribution is 7.81. The minimum absolute atomic E-state index is 0.504. The predicted octanol–water partition coefficient (Wildman–Crippen LogP) is 8.33. The summed E-state index contributed by atoms with van der Waals surface area (Å²) in [4.78, 5) is 0. The van der Waals surface area contributed by atoms with Gasteiger partial charge >= 0.3 is 0 Å². The topological polar surface area (TPSA) is 0 Å². The Morgan fingerprint density at radius 1 is 0.964 bits per heavy atom. The maximum absolute atomic E-state index is 4.81. The second kappa shape index (κ2) is 7.97. The number of hydrogen-bond acceptors (Lipinski definition) is 1. The van der Waals surface area contributed by atoms with Gasteiger partial charge in [-0.25, -0.2) is 0 Å². The molecule has 0 bridgehead atoms. The van der Waals surface area contributed by atoms with Crippen molar-refractivity contribution in [3.8, 4) is 0 Å².